The molecule has 8 heteroatoms. The van der Waals surface area contributed by atoms with Gasteiger partial charge < -0.3 is 14.8 Å². The molecule has 1 aromatic heterocycles. The van der Waals surface area contributed by atoms with Crippen LogP contribution in [0.5, 0.6) is 0 Å². The van der Waals surface area contributed by atoms with Crippen molar-refractivity contribution >= 4 is 16.9 Å². The Morgan fingerprint density at radius 2 is 1.78 bits per heavy atom. The molecule has 1 amide bonds. The molecular weight excluding hydrogens is 363 g/mol. The number of aliphatic hydroxyl groups excluding tert-OH is 1. The standard InChI is InChI=1S/C19H14F3NO4/c20-19(21,22)13-7-3-1-5-11(13)15(25)10-23-18(26)17-9-14(24)12-6-2-4-8-16(12)27-17/h1-9,15,25H,10H2,(H,23,26)/t15-/m0/s1. The lowest BCUT2D eigenvalue weighted by Gasteiger charge is -2.17. The van der Waals surface area contributed by atoms with Crippen molar-refractivity contribution in [2.24, 2.45) is 0 Å². The molecule has 3 aromatic rings. The summed E-state index contributed by atoms with van der Waals surface area (Å²) in [6.45, 7) is -0.484. The van der Waals surface area contributed by atoms with Gasteiger partial charge >= 0.3 is 6.18 Å². The average molecular weight is 377 g/mol. The number of alkyl halides is 3. The first kappa shape index (κ1) is 18.7. The highest BCUT2D eigenvalue weighted by atomic mass is 19.4. The van der Waals surface area contributed by atoms with Crippen LogP contribution in [0.2, 0.25) is 0 Å². The van der Waals surface area contributed by atoms with Crippen LogP contribution >= 0.6 is 0 Å². The van der Waals surface area contributed by atoms with Crippen molar-refractivity contribution in [2.75, 3.05) is 6.54 Å². The normalized spacial score (nSPS) is 12.7. The molecular formula is C19H14F3NO4. The van der Waals surface area contributed by atoms with Crippen LogP contribution in [0.1, 0.15) is 27.8 Å². The van der Waals surface area contributed by atoms with E-state index in [4.69, 9.17) is 4.42 Å². The smallest absolute Gasteiger partial charge is 0.416 e. The van der Waals surface area contributed by atoms with E-state index in [2.05, 4.69) is 5.32 Å². The molecule has 1 heterocycles. The summed E-state index contributed by atoms with van der Waals surface area (Å²) in [6.07, 6.45) is -6.22. The van der Waals surface area contributed by atoms with Gasteiger partial charge in [-0.05, 0) is 23.8 Å². The van der Waals surface area contributed by atoms with Crippen LogP contribution in [0.4, 0.5) is 13.2 Å². The lowest BCUT2D eigenvalue weighted by Crippen LogP contribution is -2.29. The Morgan fingerprint density at radius 3 is 2.52 bits per heavy atom. The van der Waals surface area contributed by atoms with Gasteiger partial charge in [0.15, 0.2) is 11.2 Å². The number of amides is 1. The molecule has 0 fully saturated rings. The molecule has 140 valence electrons. The van der Waals surface area contributed by atoms with Gasteiger partial charge in [-0.15, -0.1) is 0 Å². The van der Waals surface area contributed by atoms with Crippen LogP contribution in [0.25, 0.3) is 11.0 Å². The molecule has 0 spiro atoms. The van der Waals surface area contributed by atoms with E-state index in [0.717, 1.165) is 18.2 Å². The molecule has 0 bridgehead atoms. The highest BCUT2D eigenvalue weighted by Gasteiger charge is 2.34. The monoisotopic (exact) mass is 377 g/mol. The topological polar surface area (TPSA) is 79.5 Å². The Balaban J connectivity index is 1.78. The summed E-state index contributed by atoms with van der Waals surface area (Å²) in [7, 11) is 0. The number of hydrogen-bond donors (Lipinski definition) is 2. The van der Waals surface area contributed by atoms with E-state index in [1.807, 2.05) is 0 Å². The molecule has 2 aromatic carbocycles. The second-order valence-corrected chi connectivity index (χ2v) is 5.78. The summed E-state index contributed by atoms with van der Waals surface area (Å²) in [4.78, 5) is 24.2. The van der Waals surface area contributed by atoms with Crippen molar-refractivity contribution in [1.82, 2.24) is 5.32 Å². The lowest BCUT2D eigenvalue weighted by molar-refractivity contribution is -0.139. The maximum atomic E-state index is 13.0. The molecule has 0 unspecified atom stereocenters. The van der Waals surface area contributed by atoms with Crippen LogP contribution in [0.15, 0.2) is 63.8 Å². The maximum Gasteiger partial charge on any atom is 0.416 e. The molecule has 1 atom stereocenters. The van der Waals surface area contributed by atoms with E-state index in [9.17, 15) is 27.9 Å². The summed E-state index contributed by atoms with van der Waals surface area (Å²) in [5.74, 6) is -1.11. The average Bonchev–Trinajstić information content (AvgIpc) is 2.65. The predicted molar refractivity (Wildman–Crippen MR) is 91.2 cm³/mol. The number of para-hydroxylation sites is 1. The molecule has 27 heavy (non-hydrogen) atoms. The minimum Gasteiger partial charge on any atom is -0.451 e. The zero-order chi connectivity index (χ0) is 19.6. The fraction of sp³-hybridized carbons (Fsp3) is 0.158. The number of hydrogen-bond acceptors (Lipinski definition) is 4. The van der Waals surface area contributed by atoms with Gasteiger partial charge in [0.05, 0.1) is 17.1 Å². The van der Waals surface area contributed by atoms with Gasteiger partial charge in [-0.25, -0.2) is 0 Å². The van der Waals surface area contributed by atoms with Crippen molar-refractivity contribution in [2.45, 2.75) is 12.3 Å². The minimum atomic E-state index is -4.63. The van der Waals surface area contributed by atoms with Gasteiger partial charge in [-0.1, -0.05) is 30.3 Å². The Bertz CT molecular complexity index is 1040. The summed E-state index contributed by atoms with van der Waals surface area (Å²) < 4.78 is 44.4. The third kappa shape index (κ3) is 4.01. The molecule has 3 rings (SSSR count). The summed E-state index contributed by atoms with van der Waals surface area (Å²) >= 11 is 0. The zero-order valence-electron chi connectivity index (χ0n) is 13.8. The maximum absolute atomic E-state index is 13.0. The van der Waals surface area contributed by atoms with Gasteiger partial charge in [0, 0.05) is 12.6 Å². The fourth-order valence-electron chi connectivity index (χ4n) is 2.65. The number of carbonyl (C=O) groups excluding carboxylic acids is 1. The number of aliphatic hydroxyl groups is 1. The highest BCUT2D eigenvalue weighted by molar-refractivity contribution is 5.93. The molecule has 0 aliphatic rings. The second kappa shape index (κ2) is 7.24. The fourth-order valence-corrected chi connectivity index (χ4v) is 2.65. The van der Waals surface area contributed by atoms with Crippen molar-refractivity contribution in [3.05, 3.63) is 81.7 Å². The quantitative estimate of drug-likeness (QED) is 0.731. The van der Waals surface area contributed by atoms with Crippen molar-refractivity contribution in [3.8, 4) is 0 Å². The number of rotatable bonds is 4. The highest BCUT2D eigenvalue weighted by Crippen LogP contribution is 2.34. The van der Waals surface area contributed by atoms with E-state index in [-0.39, 0.29) is 16.9 Å². The summed E-state index contributed by atoms with van der Waals surface area (Å²) in [5.41, 5.74) is -1.56. The molecule has 0 radical (unpaired) electrons. The number of halogens is 3. The number of benzene rings is 2. The first-order valence-electron chi connectivity index (χ1n) is 7.92. The van der Waals surface area contributed by atoms with Crippen molar-refractivity contribution in [3.63, 3.8) is 0 Å². The van der Waals surface area contributed by atoms with Gasteiger partial charge in [-0.3, -0.25) is 9.59 Å². The first-order valence-corrected chi connectivity index (χ1v) is 7.92. The molecule has 0 saturated heterocycles. The van der Waals surface area contributed by atoms with E-state index in [0.29, 0.717) is 5.39 Å². The Hall–Kier alpha value is -3.13. The van der Waals surface area contributed by atoms with Gasteiger partial charge in [0.2, 0.25) is 0 Å². The van der Waals surface area contributed by atoms with Gasteiger partial charge in [0.25, 0.3) is 5.91 Å². The Kier molecular flexibility index (Phi) is 5.00. The molecule has 5 nitrogen and oxygen atoms in total. The van der Waals surface area contributed by atoms with E-state index < -0.39 is 35.7 Å². The minimum absolute atomic E-state index is 0.207. The number of fused-ring (bicyclic) bond motifs is 1. The van der Waals surface area contributed by atoms with Gasteiger partial charge in [-0.2, -0.15) is 13.2 Å². The van der Waals surface area contributed by atoms with E-state index >= 15 is 0 Å². The predicted octanol–water partition coefficient (Wildman–Crippen LogP) is 3.28. The molecule has 0 aliphatic carbocycles. The van der Waals surface area contributed by atoms with E-state index in [1.165, 1.54) is 18.2 Å². The van der Waals surface area contributed by atoms with Crippen LogP contribution in [-0.2, 0) is 6.18 Å². The largest absolute Gasteiger partial charge is 0.451 e. The van der Waals surface area contributed by atoms with Crippen molar-refractivity contribution < 1.29 is 27.5 Å². The number of nitrogens with one attached hydrogen (secondary N) is 1. The Morgan fingerprint density at radius 1 is 1.11 bits per heavy atom. The summed E-state index contributed by atoms with van der Waals surface area (Å²) in [6, 6.07) is 11.9. The lowest BCUT2D eigenvalue weighted by atomic mass is 10.0. The van der Waals surface area contributed by atoms with Crippen LogP contribution in [0, 0.1) is 0 Å². The number of carbonyl (C=O) groups is 1. The van der Waals surface area contributed by atoms with Crippen LogP contribution in [0.3, 0.4) is 0 Å². The van der Waals surface area contributed by atoms with Crippen molar-refractivity contribution in [1.29, 1.82) is 0 Å². The third-order valence-electron chi connectivity index (χ3n) is 3.94. The molecule has 0 saturated carbocycles. The third-order valence-corrected chi connectivity index (χ3v) is 3.94. The van der Waals surface area contributed by atoms with Gasteiger partial charge in [0.1, 0.15) is 5.58 Å². The Labute approximate surface area is 151 Å². The molecule has 2 N–H and O–H groups in total. The van der Waals surface area contributed by atoms with Crippen LogP contribution in [-0.4, -0.2) is 17.6 Å². The SMILES string of the molecule is O=C(NC[C@H](O)c1ccccc1C(F)(F)F)c1cc(=O)c2ccccc2o1. The zero-order valence-corrected chi connectivity index (χ0v) is 13.8. The second-order valence-electron chi connectivity index (χ2n) is 5.78. The summed E-state index contributed by atoms with van der Waals surface area (Å²) in [5, 5.41) is 12.7. The molecule has 0 aliphatic heterocycles. The first-order chi connectivity index (χ1) is 12.8. The van der Waals surface area contributed by atoms with E-state index in [1.54, 1.807) is 18.2 Å². The van der Waals surface area contributed by atoms with Crippen LogP contribution < -0.4 is 10.7 Å².